The molecule has 8 nitrogen and oxygen atoms in total. The molecule has 0 saturated heterocycles. The summed E-state index contributed by atoms with van der Waals surface area (Å²) in [5.74, 6) is 1.21. The zero-order valence-corrected chi connectivity index (χ0v) is 18.7. The summed E-state index contributed by atoms with van der Waals surface area (Å²) in [5.41, 5.74) is 2.83. The van der Waals surface area contributed by atoms with E-state index in [4.69, 9.17) is 4.42 Å². The number of furan rings is 1. The van der Waals surface area contributed by atoms with Gasteiger partial charge in [0.05, 0.1) is 11.1 Å². The molecular formula is C24H19N5O3S. The van der Waals surface area contributed by atoms with Gasteiger partial charge in [0.25, 0.3) is 11.5 Å². The zero-order valence-electron chi connectivity index (χ0n) is 17.9. The molecule has 0 radical (unpaired) electrons. The van der Waals surface area contributed by atoms with Gasteiger partial charge in [0.15, 0.2) is 5.16 Å². The molecule has 0 unspecified atom stereocenters. The molecule has 0 aliphatic rings. The minimum Gasteiger partial charge on any atom is -0.443 e. The summed E-state index contributed by atoms with van der Waals surface area (Å²) in [4.78, 5) is 38.8. The molecular weight excluding hydrogens is 438 g/mol. The van der Waals surface area contributed by atoms with Gasteiger partial charge in [-0.25, -0.2) is 9.97 Å². The highest BCUT2D eigenvalue weighted by atomic mass is 32.2. The number of amides is 1. The number of nitrogens with one attached hydrogen (secondary N) is 1. The van der Waals surface area contributed by atoms with Crippen molar-refractivity contribution < 1.29 is 9.21 Å². The quantitative estimate of drug-likeness (QED) is 0.308. The van der Waals surface area contributed by atoms with Crippen LogP contribution in [-0.2, 0) is 5.75 Å². The van der Waals surface area contributed by atoms with Gasteiger partial charge in [-0.2, -0.15) is 4.98 Å². The molecule has 5 aromatic rings. The number of thioether (sulfide) groups is 1. The summed E-state index contributed by atoms with van der Waals surface area (Å²) in [6.45, 7) is 3.75. The van der Waals surface area contributed by atoms with Crippen molar-refractivity contribution in [3.8, 4) is 0 Å². The monoisotopic (exact) mass is 457 g/mol. The minimum absolute atomic E-state index is 0.152. The molecule has 0 atom stereocenters. The summed E-state index contributed by atoms with van der Waals surface area (Å²) >= 11 is 1.31. The molecule has 0 spiro atoms. The number of carbonyl (C=O) groups is 1. The third-order valence-electron chi connectivity index (χ3n) is 5.25. The van der Waals surface area contributed by atoms with Gasteiger partial charge in [-0.3, -0.25) is 14.0 Å². The van der Waals surface area contributed by atoms with Crippen molar-refractivity contribution in [1.82, 2.24) is 19.4 Å². The molecule has 0 aliphatic carbocycles. The van der Waals surface area contributed by atoms with Crippen LogP contribution in [-0.4, -0.2) is 25.3 Å². The first kappa shape index (κ1) is 20.9. The number of anilines is 1. The van der Waals surface area contributed by atoms with Crippen molar-refractivity contribution in [2.45, 2.75) is 24.8 Å². The Morgan fingerprint density at radius 2 is 1.85 bits per heavy atom. The number of hydrogen-bond donors (Lipinski definition) is 1. The number of nitrogens with zero attached hydrogens (tertiary/aromatic N) is 4. The van der Waals surface area contributed by atoms with E-state index < -0.39 is 0 Å². The molecule has 164 valence electrons. The van der Waals surface area contributed by atoms with E-state index in [-0.39, 0.29) is 11.5 Å². The predicted octanol–water partition coefficient (Wildman–Crippen LogP) is 4.39. The van der Waals surface area contributed by atoms with Gasteiger partial charge in [0, 0.05) is 29.1 Å². The standard InChI is InChI=1S/C24H19N5O3S/c1-14-15(2)32-23-20(14)21(26-22(31)16-8-4-3-5-9-16)27-24(28-23)33-13-17-12-19(30)29-11-7-6-10-18(29)25-17/h3-12H,13H2,1-2H3,(H,26,27,28,31). The highest BCUT2D eigenvalue weighted by molar-refractivity contribution is 7.98. The third kappa shape index (κ3) is 4.10. The van der Waals surface area contributed by atoms with Gasteiger partial charge < -0.3 is 9.73 Å². The van der Waals surface area contributed by atoms with Crippen molar-refractivity contribution in [3.05, 3.63) is 93.7 Å². The maximum Gasteiger partial charge on any atom is 0.258 e. The van der Waals surface area contributed by atoms with Gasteiger partial charge in [0.1, 0.15) is 17.2 Å². The second-order valence-electron chi connectivity index (χ2n) is 7.44. The van der Waals surface area contributed by atoms with Gasteiger partial charge >= 0.3 is 0 Å². The predicted molar refractivity (Wildman–Crippen MR) is 127 cm³/mol. The van der Waals surface area contributed by atoms with E-state index in [0.717, 1.165) is 5.56 Å². The Morgan fingerprint density at radius 3 is 2.67 bits per heavy atom. The van der Waals surface area contributed by atoms with Crippen LogP contribution in [0.5, 0.6) is 0 Å². The first-order valence-corrected chi connectivity index (χ1v) is 11.2. The van der Waals surface area contributed by atoms with E-state index in [2.05, 4.69) is 20.3 Å². The highest BCUT2D eigenvalue weighted by Gasteiger charge is 2.19. The number of aromatic nitrogens is 4. The molecule has 0 aliphatic heterocycles. The molecule has 5 rings (SSSR count). The van der Waals surface area contributed by atoms with Gasteiger partial charge in [-0.15, -0.1) is 0 Å². The Labute approximate surface area is 192 Å². The lowest BCUT2D eigenvalue weighted by Crippen LogP contribution is -2.15. The largest absolute Gasteiger partial charge is 0.443 e. The second kappa shape index (κ2) is 8.51. The first-order chi connectivity index (χ1) is 16.0. The molecule has 1 amide bonds. The highest BCUT2D eigenvalue weighted by Crippen LogP contribution is 2.32. The van der Waals surface area contributed by atoms with Crippen molar-refractivity contribution in [3.63, 3.8) is 0 Å². The van der Waals surface area contributed by atoms with E-state index >= 15 is 0 Å². The van der Waals surface area contributed by atoms with Crippen LogP contribution in [0.2, 0.25) is 0 Å². The summed E-state index contributed by atoms with van der Waals surface area (Å²) in [6, 6.07) is 15.8. The van der Waals surface area contributed by atoms with E-state index in [1.165, 1.54) is 22.2 Å². The lowest BCUT2D eigenvalue weighted by Gasteiger charge is -2.08. The fourth-order valence-corrected chi connectivity index (χ4v) is 4.20. The smallest absolute Gasteiger partial charge is 0.258 e. The van der Waals surface area contributed by atoms with Crippen LogP contribution >= 0.6 is 11.8 Å². The van der Waals surface area contributed by atoms with E-state index in [1.807, 2.05) is 26.0 Å². The molecule has 4 aromatic heterocycles. The number of fused-ring (bicyclic) bond motifs is 2. The van der Waals surface area contributed by atoms with Gasteiger partial charge in [0.2, 0.25) is 5.71 Å². The van der Waals surface area contributed by atoms with Gasteiger partial charge in [-0.05, 0) is 38.1 Å². The lowest BCUT2D eigenvalue weighted by molar-refractivity contribution is 0.102. The van der Waals surface area contributed by atoms with Crippen LogP contribution in [0, 0.1) is 13.8 Å². The van der Waals surface area contributed by atoms with Crippen LogP contribution in [0.15, 0.2) is 75.2 Å². The number of pyridine rings is 1. The number of benzene rings is 1. The molecule has 33 heavy (non-hydrogen) atoms. The Hall–Kier alpha value is -3.98. The molecule has 1 aromatic carbocycles. The SMILES string of the molecule is Cc1oc2nc(SCc3cc(=O)n4ccccc4n3)nc(NC(=O)c3ccccc3)c2c1C. The molecule has 0 bridgehead atoms. The van der Waals surface area contributed by atoms with Crippen molar-refractivity contribution in [2.75, 3.05) is 5.32 Å². The van der Waals surface area contributed by atoms with Crippen LogP contribution in [0.3, 0.4) is 0 Å². The van der Waals surface area contributed by atoms with E-state index in [1.54, 1.807) is 42.6 Å². The number of carbonyl (C=O) groups excluding carboxylic acids is 1. The Kier molecular flexibility index (Phi) is 5.39. The normalized spacial score (nSPS) is 11.2. The number of hydrogen-bond acceptors (Lipinski definition) is 7. The maximum atomic E-state index is 12.8. The van der Waals surface area contributed by atoms with Crippen molar-refractivity contribution in [2.24, 2.45) is 0 Å². The molecule has 0 saturated carbocycles. The van der Waals surface area contributed by atoms with E-state index in [0.29, 0.717) is 50.5 Å². The lowest BCUT2D eigenvalue weighted by atomic mass is 10.2. The Balaban J connectivity index is 1.47. The summed E-state index contributed by atoms with van der Waals surface area (Å²) in [6.07, 6.45) is 1.68. The first-order valence-electron chi connectivity index (χ1n) is 10.2. The molecule has 1 N–H and O–H groups in total. The topological polar surface area (TPSA) is 102 Å². The number of rotatable bonds is 5. The van der Waals surface area contributed by atoms with Crippen LogP contribution in [0.1, 0.15) is 27.4 Å². The summed E-state index contributed by atoms with van der Waals surface area (Å²) < 4.78 is 7.30. The molecule has 0 fully saturated rings. The fraction of sp³-hybridized carbons (Fsp3) is 0.125. The van der Waals surface area contributed by atoms with Gasteiger partial charge in [-0.1, -0.05) is 36.0 Å². The molecule has 4 heterocycles. The van der Waals surface area contributed by atoms with Crippen molar-refractivity contribution in [1.29, 1.82) is 0 Å². The Morgan fingerprint density at radius 1 is 1.06 bits per heavy atom. The fourth-order valence-electron chi connectivity index (χ4n) is 3.47. The van der Waals surface area contributed by atoms with Crippen LogP contribution in [0.4, 0.5) is 5.82 Å². The minimum atomic E-state index is -0.269. The molecule has 9 heteroatoms. The number of aryl methyl sites for hydroxylation is 2. The van der Waals surface area contributed by atoms with Crippen molar-refractivity contribution >= 4 is 40.2 Å². The van der Waals surface area contributed by atoms with Crippen LogP contribution < -0.4 is 10.9 Å². The summed E-state index contributed by atoms with van der Waals surface area (Å²) in [5, 5.41) is 3.98. The average molecular weight is 458 g/mol. The third-order valence-corrected chi connectivity index (χ3v) is 6.13. The maximum absolute atomic E-state index is 12.8. The summed E-state index contributed by atoms with van der Waals surface area (Å²) in [7, 11) is 0. The van der Waals surface area contributed by atoms with E-state index in [9.17, 15) is 9.59 Å². The zero-order chi connectivity index (χ0) is 22.9. The van der Waals surface area contributed by atoms with Crippen LogP contribution in [0.25, 0.3) is 16.7 Å². The Bertz CT molecular complexity index is 1560. The average Bonchev–Trinajstić information content (AvgIpc) is 3.11. The second-order valence-corrected chi connectivity index (χ2v) is 8.38.